The minimum Gasteiger partial charge on any atom is -0.481 e. The molecule has 0 aliphatic heterocycles. The van der Waals surface area contributed by atoms with E-state index in [2.05, 4.69) is 5.32 Å². The molecule has 0 aromatic heterocycles. The van der Waals surface area contributed by atoms with E-state index in [4.69, 9.17) is 9.84 Å². The Bertz CT molecular complexity index is 808. The highest BCUT2D eigenvalue weighted by Crippen LogP contribution is 2.12. The average Bonchev–Trinajstić information content (AvgIpc) is 2.88. The molecule has 0 heterocycles. The molecule has 1 unspecified atom stereocenters. The molecule has 1 atom stereocenters. The number of carboxylic acids is 1. The van der Waals surface area contributed by atoms with Crippen molar-refractivity contribution in [1.29, 1.82) is 0 Å². The molecular formula is C27H50N4O7S2. The first-order valence-electron chi connectivity index (χ1n) is 13.9. The fourth-order valence-corrected chi connectivity index (χ4v) is 5.26. The maximum Gasteiger partial charge on any atom is 0.407 e. The lowest BCUT2D eigenvalue weighted by Crippen LogP contribution is -2.45. The van der Waals surface area contributed by atoms with E-state index in [1.807, 2.05) is 6.92 Å². The maximum atomic E-state index is 12.9. The number of carbonyl (C=O) groups excluding carboxylic acids is 4. The molecule has 0 aromatic rings. The molecule has 0 saturated heterocycles. The molecule has 2 N–H and O–H groups in total. The van der Waals surface area contributed by atoms with Crippen LogP contribution >= 0.6 is 23.5 Å². The summed E-state index contributed by atoms with van der Waals surface area (Å²) in [6, 6.07) is 0. The van der Waals surface area contributed by atoms with Crippen LogP contribution in [0.4, 0.5) is 4.79 Å². The third-order valence-corrected chi connectivity index (χ3v) is 7.89. The highest BCUT2D eigenvalue weighted by molar-refractivity contribution is 7.99. The summed E-state index contributed by atoms with van der Waals surface area (Å²) in [5, 5.41) is 11.5. The van der Waals surface area contributed by atoms with E-state index in [-0.39, 0.29) is 30.1 Å². The van der Waals surface area contributed by atoms with Gasteiger partial charge in [-0.1, -0.05) is 20.8 Å². The number of nitrogens with zero attached hydrogens (tertiary/aromatic N) is 3. The van der Waals surface area contributed by atoms with E-state index >= 15 is 0 Å². The van der Waals surface area contributed by atoms with E-state index < -0.39 is 17.7 Å². The minimum atomic E-state index is -0.841. The summed E-state index contributed by atoms with van der Waals surface area (Å²) in [6.07, 6.45) is 0.306. The lowest BCUT2D eigenvalue weighted by Gasteiger charge is -2.30. The van der Waals surface area contributed by atoms with Crippen molar-refractivity contribution in [1.82, 2.24) is 20.0 Å². The van der Waals surface area contributed by atoms with Crippen LogP contribution in [-0.4, -0.2) is 125 Å². The number of nitrogens with one attached hydrogen (secondary N) is 1. The second kappa shape index (κ2) is 20.7. The molecular weight excluding hydrogens is 556 g/mol. The van der Waals surface area contributed by atoms with Crippen molar-refractivity contribution in [3.05, 3.63) is 0 Å². The SMILES string of the molecule is CCC(=O)N(CCSCCC(=O)O)CCN(CCN(C)C(=O)C(C)CSCCNC(=O)OC(C)(C)C)C(=O)CC. The van der Waals surface area contributed by atoms with Gasteiger partial charge in [0.1, 0.15) is 5.60 Å². The second-order valence-electron chi connectivity index (χ2n) is 10.4. The molecule has 13 heteroatoms. The fourth-order valence-electron chi connectivity index (χ4n) is 3.48. The number of ether oxygens (including phenoxy) is 1. The summed E-state index contributed by atoms with van der Waals surface area (Å²) in [6.45, 7) is 13.3. The van der Waals surface area contributed by atoms with E-state index in [9.17, 15) is 24.0 Å². The molecule has 0 radical (unpaired) electrons. The van der Waals surface area contributed by atoms with Crippen LogP contribution in [0, 0.1) is 5.92 Å². The van der Waals surface area contributed by atoms with Crippen LogP contribution in [0.1, 0.15) is 60.8 Å². The summed E-state index contributed by atoms with van der Waals surface area (Å²) in [4.78, 5) is 65.3. The Balaban J connectivity index is 4.65. The Kier molecular flexibility index (Phi) is 19.6. The van der Waals surface area contributed by atoms with E-state index in [1.54, 1.807) is 68.1 Å². The number of hydrogen-bond donors (Lipinski definition) is 2. The van der Waals surface area contributed by atoms with Crippen molar-refractivity contribution in [2.75, 3.05) is 69.3 Å². The summed E-state index contributed by atoms with van der Waals surface area (Å²) in [7, 11) is 1.73. The van der Waals surface area contributed by atoms with Gasteiger partial charge in [0.15, 0.2) is 0 Å². The molecule has 40 heavy (non-hydrogen) atoms. The van der Waals surface area contributed by atoms with Crippen molar-refractivity contribution in [3.63, 3.8) is 0 Å². The number of carbonyl (C=O) groups is 5. The van der Waals surface area contributed by atoms with Gasteiger partial charge >= 0.3 is 12.1 Å². The van der Waals surface area contributed by atoms with Crippen molar-refractivity contribution in [2.24, 2.45) is 5.92 Å². The molecule has 0 spiro atoms. The van der Waals surface area contributed by atoms with Gasteiger partial charge in [-0.15, -0.1) is 0 Å². The van der Waals surface area contributed by atoms with Crippen LogP contribution in [0.2, 0.25) is 0 Å². The molecule has 0 rings (SSSR count). The molecule has 0 aliphatic rings. The van der Waals surface area contributed by atoms with E-state index in [0.29, 0.717) is 75.1 Å². The third-order valence-electron chi connectivity index (χ3n) is 5.70. The second-order valence-corrected chi connectivity index (χ2v) is 12.8. The Hall–Kier alpha value is -2.15. The first-order chi connectivity index (χ1) is 18.7. The normalized spacial score (nSPS) is 11.9. The van der Waals surface area contributed by atoms with Gasteiger partial charge in [-0.2, -0.15) is 23.5 Å². The zero-order valence-electron chi connectivity index (χ0n) is 25.3. The molecule has 0 bridgehead atoms. The number of likely N-dealkylation sites (N-methyl/N-ethyl adjacent to an activating group) is 1. The van der Waals surface area contributed by atoms with Gasteiger partial charge in [0.05, 0.1) is 6.42 Å². The number of carboxylic acid groups (broad SMARTS) is 1. The number of hydrogen-bond acceptors (Lipinski definition) is 8. The largest absolute Gasteiger partial charge is 0.481 e. The van der Waals surface area contributed by atoms with Gasteiger partial charge in [-0.05, 0) is 20.8 Å². The fraction of sp³-hybridized carbons (Fsp3) is 0.815. The number of amides is 4. The molecule has 0 aliphatic carbocycles. The summed E-state index contributed by atoms with van der Waals surface area (Å²) >= 11 is 3.07. The van der Waals surface area contributed by atoms with Crippen LogP contribution in [0.25, 0.3) is 0 Å². The van der Waals surface area contributed by atoms with E-state index in [0.717, 1.165) is 0 Å². The smallest absolute Gasteiger partial charge is 0.407 e. The number of aliphatic carboxylic acids is 1. The number of thioether (sulfide) groups is 2. The van der Waals surface area contributed by atoms with Crippen molar-refractivity contribution >= 4 is 53.3 Å². The number of alkyl carbamates (subject to hydrolysis) is 1. The topological polar surface area (TPSA) is 137 Å². The predicted octanol–water partition coefficient (Wildman–Crippen LogP) is 3.02. The molecule has 0 saturated carbocycles. The van der Waals surface area contributed by atoms with Crippen molar-refractivity contribution < 1.29 is 33.8 Å². The lowest BCUT2D eigenvalue weighted by molar-refractivity contribution is -0.137. The predicted molar refractivity (Wildman–Crippen MR) is 162 cm³/mol. The van der Waals surface area contributed by atoms with Gasteiger partial charge in [0.2, 0.25) is 17.7 Å². The summed E-state index contributed by atoms with van der Waals surface area (Å²) in [5.41, 5.74) is -0.546. The van der Waals surface area contributed by atoms with Crippen LogP contribution in [0.3, 0.4) is 0 Å². The molecule has 4 amide bonds. The first kappa shape index (κ1) is 37.9. The molecule has 0 aromatic carbocycles. The summed E-state index contributed by atoms with van der Waals surface area (Å²) in [5.74, 6) is 1.26. The van der Waals surface area contributed by atoms with Gasteiger partial charge in [-0.3, -0.25) is 19.2 Å². The zero-order valence-corrected chi connectivity index (χ0v) is 27.0. The quantitative estimate of drug-likeness (QED) is 0.200. The Morgan fingerprint density at radius 3 is 1.93 bits per heavy atom. The first-order valence-corrected chi connectivity index (χ1v) is 16.2. The minimum absolute atomic E-state index is 0.0114. The van der Waals surface area contributed by atoms with Crippen molar-refractivity contribution in [2.45, 2.75) is 66.4 Å². The average molecular weight is 607 g/mol. The standard InChI is InChI=1S/C27H50N4O7S2/c1-8-22(32)30(14-15-31(23(33)9-2)16-19-39-17-10-24(34)35)13-12-29(7)25(36)21(3)20-40-18-11-28-26(37)38-27(4,5)6/h21H,8-20H2,1-7H3,(H,28,37)(H,34,35). The summed E-state index contributed by atoms with van der Waals surface area (Å²) < 4.78 is 5.20. The van der Waals surface area contributed by atoms with Crippen LogP contribution in [-0.2, 0) is 23.9 Å². The van der Waals surface area contributed by atoms with Crippen molar-refractivity contribution in [3.8, 4) is 0 Å². The Labute approximate surface area is 248 Å². The van der Waals surface area contributed by atoms with Crippen LogP contribution < -0.4 is 5.32 Å². The molecule has 0 fully saturated rings. The van der Waals surface area contributed by atoms with E-state index in [1.165, 1.54) is 11.8 Å². The van der Waals surface area contributed by atoms with Crippen LogP contribution in [0.5, 0.6) is 0 Å². The van der Waals surface area contributed by atoms with Gasteiger partial charge in [0.25, 0.3) is 0 Å². The highest BCUT2D eigenvalue weighted by atomic mass is 32.2. The molecule has 11 nitrogen and oxygen atoms in total. The van der Waals surface area contributed by atoms with Crippen LogP contribution in [0.15, 0.2) is 0 Å². The zero-order chi connectivity index (χ0) is 30.7. The number of rotatable bonds is 20. The van der Waals surface area contributed by atoms with Gasteiger partial charge in [-0.25, -0.2) is 4.79 Å². The van der Waals surface area contributed by atoms with Gasteiger partial charge in [0, 0.05) is 88.1 Å². The Morgan fingerprint density at radius 2 is 1.40 bits per heavy atom. The monoisotopic (exact) mass is 606 g/mol. The highest BCUT2D eigenvalue weighted by Gasteiger charge is 2.21. The van der Waals surface area contributed by atoms with Gasteiger partial charge < -0.3 is 29.9 Å². The molecule has 232 valence electrons. The Morgan fingerprint density at radius 1 is 0.850 bits per heavy atom. The third kappa shape index (κ3) is 18.2. The maximum absolute atomic E-state index is 12.9. The lowest BCUT2D eigenvalue weighted by atomic mass is 10.2.